The number of methoxy groups -OCH3 is 2. The van der Waals surface area contributed by atoms with E-state index >= 15 is 0 Å². The van der Waals surface area contributed by atoms with Crippen molar-refractivity contribution in [1.82, 2.24) is 9.97 Å². The van der Waals surface area contributed by atoms with Crippen LogP contribution < -0.4 is 0 Å². The molecule has 1 aromatic rings. The summed E-state index contributed by atoms with van der Waals surface area (Å²) in [6, 6.07) is 1.82. The van der Waals surface area contributed by atoms with Crippen LogP contribution in [0.5, 0.6) is 0 Å². The molecule has 1 aromatic heterocycles. The van der Waals surface area contributed by atoms with Crippen molar-refractivity contribution in [2.45, 2.75) is 31.2 Å². The van der Waals surface area contributed by atoms with Gasteiger partial charge in [-0.25, -0.2) is 14.8 Å². The number of hydrogen-bond donors (Lipinski definition) is 0. The van der Waals surface area contributed by atoms with E-state index in [1.807, 2.05) is 6.07 Å². The monoisotopic (exact) mass is 310 g/mol. The molecule has 0 spiro atoms. The first-order chi connectivity index (χ1) is 9.98. The van der Waals surface area contributed by atoms with Crippen LogP contribution in [0.15, 0.2) is 11.1 Å². The third-order valence-corrected chi connectivity index (χ3v) is 4.69. The van der Waals surface area contributed by atoms with Crippen LogP contribution in [0.4, 0.5) is 0 Å². The van der Waals surface area contributed by atoms with Crippen LogP contribution in [0, 0.1) is 12.3 Å². The Kier molecular flexibility index (Phi) is 4.82. The fourth-order valence-corrected chi connectivity index (χ4v) is 3.20. The quantitative estimate of drug-likeness (QED) is 0.452. The highest BCUT2D eigenvalue weighted by atomic mass is 32.2. The largest absolute Gasteiger partial charge is 0.469 e. The molecule has 0 bridgehead atoms. The van der Waals surface area contributed by atoms with Crippen LogP contribution in [0.3, 0.4) is 0 Å². The van der Waals surface area contributed by atoms with Crippen LogP contribution in [0.25, 0.3) is 0 Å². The number of thioether (sulfide) groups is 1. The summed E-state index contributed by atoms with van der Waals surface area (Å²) in [6.45, 7) is 1.81. The third kappa shape index (κ3) is 4.17. The van der Waals surface area contributed by atoms with Crippen LogP contribution in [-0.2, 0) is 14.3 Å². The summed E-state index contributed by atoms with van der Waals surface area (Å²) in [6.07, 6.45) is 2.47. The van der Waals surface area contributed by atoms with Crippen molar-refractivity contribution in [3.05, 3.63) is 17.6 Å². The number of ether oxygens (including phenoxy) is 2. The van der Waals surface area contributed by atoms with Gasteiger partial charge in [0.1, 0.15) is 5.03 Å². The first kappa shape index (κ1) is 15.8. The van der Waals surface area contributed by atoms with Gasteiger partial charge in [-0.1, -0.05) is 0 Å². The highest BCUT2D eigenvalue weighted by Crippen LogP contribution is 2.52. The van der Waals surface area contributed by atoms with Crippen molar-refractivity contribution in [2.24, 2.45) is 5.41 Å². The Morgan fingerprint density at radius 3 is 2.57 bits per heavy atom. The second kappa shape index (κ2) is 6.43. The molecule has 0 amide bonds. The molecule has 0 saturated heterocycles. The van der Waals surface area contributed by atoms with E-state index in [0.717, 1.165) is 23.6 Å². The summed E-state index contributed by atoms with van der Waals surface area (Å²) in [5.74, 6) is 0.121. The predicted octanol–water partition coefficient (Wildman–Crippen LogP) is 2.01. The molecule has 1 heterocycles. The number of carbonyl (C=O) groups excluding carboxylic acids is 2. The minimum absolute atomic E-state index is 0.0159. The molecular weight excluding hydrogens is 292 g/mol. The second-order valence-electron chi connectivity index (χ2n) is 5.20. The van der Waals surface area contributed by atoms with E-state index in [9.17, 15) is 9.59 Å². The highest BCUT2D eigenvalue weighted by molar-refractivity contribution is 7.99. The van der Waals surface area contributed by atoms with Gasteiger partial charge in [-0.15, -0.1) is 11.8 Å². The zero-order valence-electron chi connectivity index (χ0n) is 12.3. The Balaban J connectivity index is 2.02. The Bertz CT molecular complexity index is 558. The van der Waals surface area contributed by atoms with Gasteiger partial charge < -0.3 is 9.47 Å². The molecule has 0 aromatic carbocycles. The van der Waals surface area contributed by atoms with Crippen molar-refractivity contribution in [2.75, 3.05) is 20.0 Å². The normalized spacial score (nSPS) is 15.4. The zero-order chi connectivity index (χ0) is 15.5. The van der Waals surface area contributed by atoms with Crippen molar-refractivity contribution in [1.29, 1.82) is 0 Å². The van der Waals surface area contributed by atoms with Crippen LogP contribution in [-0.4, -0.2) is 41.9 Å². The molecule has 0 atom stereocenters. The maximum Gasteiger partial charge on any atom is 0.376 e. The van der Waals surface area contributed by atoms with E-state index in [0.29, 0.717) is 12.1 Å². The molecule has 1 aliphatic rings. The maximum atomic E-state index is 11.5. The van der Waals surface area contributed by atoms with Crippen LogP contribution in [0.1, 0.15) is 35.6 Å². The lowest BCUT2D eigenvalue weighted by Gasteiger charge is -2.13. The fraction of sp³-hybridized carbons (Fsp3) is 0.571. The standard InChI is InChI=1S/C14H18N2O4S/c1-9-6-10(16-12(15-9)13(18)20-3)21-8-14(4-5-14)7-11(17)19-2/h6H,4-5,7-8H2,1-3H3. The minimum atomic E-state index is -0.545. The van der Waals surface area contributed by atoms with E-state index in [4.69, 9.17) is 4.74 Å². The van der Waals surface area contributed by atoms with E-state index in [2.05, 4.69) is 14.7 Å². The van der Waals surface area contributed by atoms with Gasteiger partial charge in [0, 0.05) is 11.4 Å². The summed E-state index contributed by atoms with van der Waals surface area (Å²) in [5, 5.41) is 0.721. The molecule has 0 N–H and O–H groups in total. The van der Waals surface area contributed by atoms with Gasteiger partial charge in [0.05, 0.1) is 20.6 Å². The first-order valence-corrected chi connectivity index (χ1v) is 7.60. The molecule has 1 aliphatic carbocycles. The number of rotatable bonds is 6. The Hall–Kier alpha value is -1.63. The third-order valence-electron chi connectivity index (χ3n) is 3.43. The van der Waals surface area contributed by atoms with Gasteiger partial charge >= 0.3 is 11.9 Å². The Labute approximate surface area is 127 Å². The summed E-state index contributed by atoms with van der Waals surface area (Å²) >= 11 is 1.53. The van der Waals surface area contributed by atoms with E-state index < -0.39 is 5.97 Å². The smallest absolute Gasteiger partial charge is 0.376 e. The van der Waals surface area contributed by atoms with E-state index in [1.165, 1.54) is 26.0 Å². The molecular formula is C14H18N2O4S. The molecule has 0 radical (unpaired) electrons. The number of aryl methyl sites for hydroxylation is 1. The fourth-order valence-electron chi connectivity index (χ4n) is 1.95. The van der Waals surface area contributed by atoms with Gasteiger partial charge in [0.25, 0.3) is 0 Å². The lowest BCUT2D eigenvalue weighted by atomic mass is 10.1. The summed E-state index contributed by atoms with van der Waals surface area (Å²) in [4.78, 5) is 31.1. The zero-order valence-corrected chi connectivity index (χ0v) is 13.2. The molecule has 1 saturated carbocycles. The average Bonchev–Trinajstić information content (AvgIpc) is 3.23. The van der Waals surface area contributed by atoms with Crippen molar-refractivity contribution >= 4 is 23.7 Å². The van der Waals surface area contributed by atoms with Crippen molar-refractivity contribution in [3.63, 3.8) is 0 Å². The molecule has 21 heavy (non-hydrogen) atoms. The molecule has 6 nitrogen and oxygen atoms in total. The number of aromatic nitrogens is 2. The maximum absolute atomic E-state index is 11.5. The number of carbonyl (C=O) groups is 2. The second-order valence-corrected chi connectivity index (χ2v) is 6.20. The van der Waals surface area contributed by atoms with Gasteiger partial charge in [0.2, 0.25) is 5.82 Å². The molecule has 7 heteroatoms. The van der Waals surface area contributed by atoms with Gasteiger partial charge in [-0.3, -0.25) is 4.79 Å². The van der Waals surface area contributed by atoms with E-state index in [-0.39, 0.29) is 17.2 Å². The van der Waals surface area contributed by atoms with Gasteiger partial charge in [-0.2, -0.15) is 0 Å². The summed E-state index contributed by atoms with van der Waals surface area (Å²) < 4.78 is 9.36. The van der Waals surface area contributed by atoms with Crippen LogP contribution in [0.2, 0.25) is 0 Å². The molecule has 0 aliphatic heterocycles. The first-order valence-electron chi connectivity index (χ1n) is 6.62. The Morgan fingerprint density at radius 1 is 1.29 bits per heavy atom. The van der Waals surface area contributed by atoms with Gasteiger partial charge in [-0.05, 0) is 31.2 Å². The molecule has 114 valence electrons. The number of esters is 2. The molecule has 1 fully saturated rings. The van der Waals surface area contributed by atoms with Crippen molar-refractivity contribution < 1.29 is 19.1 Å². The lowest BCUT2D eigenvalue weighted by Crippen LogP contribution is -2.13. The minimum Gasteiger partial charge on any atom is -0.469 e. The molecule has 0 unspecified atom stereocenters. The molecule has 2 rings (SSSR count). The van der Waals surface area contributed by atoms with E-state index in [1.54, 1.807) is 6.92 Å². The SMILES string of the molecule is COC(=O)CC1(CSc2cc(C)nc(C(=O)OC)n2)CC1. The summed E-state index contributed by atoms with van der Waals surface area (Å²) in [5.41, 5.74) is 0.730. The average molecular weight is 310 g/mol. The lowest BCUT2D eigenvalue weighted by molar-refractivity contribution is -0.141. The topological polar surface area (TPSA) is 78.4 Å². The van der Waals surface area contributed by atoms with Crippen molar-refractivity contribution in [3.8, 4) is 0 Å². The number of hydrogen-bond acceptors (Lipinski definition) is 7. The highest BCUT2D eigenvalue weighted by Gasteiger charge is 2.44. The van der Waals surface area contributed by atoms with Gasteiger partial charge in [0.15, 0.2) is 0 Å². The number of nitrogens with zero attached hydrogens (tertiary/aromatic N) is 2. The summed E-state index contributed by atoms with van der Waals surface area (Å²) in [7, 11) is 2.71. The Morgan fingerprint density at radius 2 is 2.00 bits per heavy atom. The van der Waals surface area contributed by atoms with Crippen LogP contribution >= 0.6 is 11.8 Å². The predicted molar refractivity (Wildman–Crippen MR) is 77.1 cm³/mol.